The summed E-state index contributed by atoms with van der Waals surface area (Å²) in [7, 11) is 1.81. The third kappa shape index (κ3) is 6.89. The fourth-order valence-electron chi connectivity index (χ4n) is 2.13. The van der Waals surface area contributed by atoms with Crippen LogP contribution in [0.1, 0.15) is 36.3 Å². The molecule has 0 aliphatic carbocycles. The molecule has 0 fully saturated rings. The fourth-order valence-corrected chi connectivity index (χ4v) is 2.62. The van der Waals surface area contributed by atoms with E-state index in [2.05, 4.69) is 27.0 Å². The molecular weight excluding hydrogens is 284 g/mol. The molecule has 0 saturated heterocycles. The molecule has 0 unspecified atom stereocenters. The van der Waals surface area contributed by atoms with Crippen LogP contribution < -0.4 is 10.6 Å². The average molecular weight is 312 g/mol. The molecule has 0 aliphatic rings. The topological polar surface area (TPSA) is 62.5 Å². The van der Waals surface area contributed by atoms with Gasteiger partial charge in [-0.3, -0.25) is 4.99 Å². The molecule has 6 heteroatoms. The number of thioether (sulfide) groups is 1. The summed E-state index contributed by atoms with van der Waals surface area (Å²) < 4.78 is 5.17. The Morgan fingerprint density at radius 2 is 1.90 bits per heavy atom. The summed E-state index contributed by atoms with van der Waals surface area (Å²) >= 11 is 1.90. The van der Waals surface area contributed by atoms with Crippen LogP contribution >= 0.6 is 11.8 Å². The highest BCUT2D eigenvalue weighted by molar-refractivity contribution is 7.98. The summed E-state index contributed by atoms with van der Waals surface area (Å²) in [6.07, 6.45) is 6.60. The maximum absolute atomic E-state index is 5.17. The van der Waals surface area contributed by atoms with Crippen molar-refractivity contribution >= 4 is 17.7 Å². The smallest absolute Gasteiger partial charge is 0.190 e. The van der Waals surface area contributed by atoms with Crippen LogP contribution in [-0.2, 0) is 6.42 Å². The number of unbranched alkanes of at least 4 members (excludes halogenated alkanes) is 1. The largest absolute Gasteiger partial charge is 0.361 e. The number of aryl methyl sites for hydroxylation is 2. The molecule has 1 heterocycles. The summed E-state index contributed by atoms with van der Waals surface area (Å²) in [5.74, 6) is 3.05. The van der Waals surface area contributed by atoms with E-state index in [4.69, 9.17) is 4.52 Å². The van der Waals surface area contributed by atoms with Gasteiger partial charge in [0.05, 0.1) is 5.69 Å². The summed E-state index contributed by atoms with van der Waals surface area (Å²) in [5, 5.41) is 10.7. The SMILES string of the molecule is CN=C(NCCCCSC)NCCCc1c(C)noc1C. The number of aromatic nitrogens is 1. The van der Waals surface area contributed by atoms with Crippen molar-refractivity contribution in [2.24, 2.45) is 4.99 Å². The van der Waals surface area contributed by atoms with Gasteiger partial charge in [0.2, 0.25) is 0 Å². The summed E-state index contributed by atoms with van der Waals surface area (Å²) in [6.45, 7) is 5.84. The molecule has 0 aliphatic heterocycles. The van der Waals surface area contributed by atoms with Crippen LogP contribution in [0.2, 0.25) is 0 Å². The van der Waals surface area contributed by atoms with Crippen molar-refractivity contribution in [3.05, 3.63) is 17.0 Å². The molecule has 1 rings (SSSR count). The Hall–Kier alpha value is -1.17. The number of aliphatic imine (C=N–C) groups is 1. The first-order chi connectivity index (χ1) is 10.2. The second-order valence-electron chi connectivity index (χ2n) is 5.03. The van der Waals surface area contributed by atoms with Gasteiger partial charge in [-0.25, -0.2) is 0 Å². The lowest BCUT2D eigenvalue weighted by atomic mass is 10.1. The highest BCUT2D eigenvalue weighted by atomic mass is 32.2. The number of nitrogens with one attached hydrogen (secondary N) is 2. The van der Waals surface area contributed by atoms with E-state index in [9.17, 15) is 0 Å². The normalized spacial score (nSPS) is 11.7. The number of guanidine groups is 1. The Labute approximate surface area is 132 Å². The van der Waals surface area contributed by atoms with E-state index in [-0.39, 0.29) is 0 Å². The van der Waals surface area contributed by atoms with Crippen molar-refractivity contribution in [3.63, 3.8) is 0 Å². The van der Waals surface area contributed by atoms with Crippen LogP contribution in [0.5, 0.6) is 0 Å². The van der Waals surface area contributed by atoms with Crippen molar-refractivity contribution in [1.82, 2.24) is 15.8 Å². The van der Waals surface area contributed by atoms with Crippen molar-refractivity contribution in [2.45, 2.75) is 39.5 Å². The zero-order chi connectivity index (χ0) is 15.5. The van der Waals surface area contributed by atoms with Crippen LogP contribution in [0.25, 0.3) is 0 Å². The quantitative estimate of drug-likeness (QED) is 0.417. The first kappa shape index (κ1) is 17.9. The van der Waals surface area contributed by atoms with Crippen LogP contribution in [0.15, 0.2) is 9.52 Å². The second kappa shape index (κ2) is 10.5. The van der Waals surface area contributed by atoms with Gasteiger partial charge in [0.15, 0.2) is 5.96 Å². The van der Waals surface area contributed by atoms with Crippen molar-refractivity contribution in [1.29, 1.82) is 0 Å². The lowest BCUT2D eigenvalue weighted by molar-refractivity contribution is 0.392. The molecule has 1 aromatic rings. The monoisotopic (exact) mass is 312 g/mol. The standard InChI is InChI=1S/C15H28N4OS/c1-12-14(13(2)20-19-12)8-7-10-18-15(16-3)17-9-5-6-11-21-4/h5-11H2,1-4H3,(H2,16,17,18). The molecule has 0 spiro atoms. The molecule has 0 saturated carbocycles. The molecule has 2 N–H and O–H groups in total. The fraction of sp³-hybridized carbons (Fsp3) is 0.733. The van der Waals surface area contributed by atoms with Crippen molar-refractivity contribution < 1.29 is 4.52 Å². The predicted molar refractivity (Wildman–Crippen MR) is 91.3 cm³/mol. The van der Waals surface area contributed by atoms with E-state index in [1.54, 1.807) is 0 Å². The molecule has 0 aromatic carbocycles. The van der Waals surface area contributed by atoms with Gasteiger partial charge in [0.1, 0.15) is 5.76 Å². The van der Waals surface area contributed by atoms with Gasteiger partial charge in [-0.2, -0.15) is 11.8 Å². The molecule has 0 atom stereocenters. The maximum Gasteiger partial charge on any atom is 0.190 e. The summed E-state index contributed by atoms with van der Waals surface area (Å²) in [6, 6.07) is 0. The van der Waals surface area contributed by atoms with Gasteiger partial charge < -0.3 is 15.2 Å². The summed E-state index contributed by atoms with van der Waals surface area (Å²) in [5.41, 5.74) is 2.24. The highest BCUT2D eigenvalue weighted by Gasteiger charge is 2.08. The van der Waals surface area contributed by atoms with Crippen LogP contribution in [0.4, 0.5) is 0 Å². The molecule has 0 bridgehead atoms. The summed E-state index contributed by atoms with van der Waals surface area (Å²) in [4.78, 5) is 4.23. The van der Waals surface area contributed by atoms with Gasteiger partial charge in [-0.15, -0.1) is 0 Å². The van der Waals surface area contributed by atoms with Gasteiger partial charge in [-0.1, -0.05) is 5.16 Å². The molecule has 120 valence electrons. The Morgan fingerprint density at radius 3 is 2.48 bits per heavy atom. The minimum atomic E-state index is 0.887. The van der Waals surface area contributed by atoms with Crippen LogP contribution in [0.3, 0.4) is 0 Å². The van der Waals surface area contributed by atoms with E-state index in [1.165, 1.54) is 24.2 Å². The van der Waals surface area contributed by atoms with Crippen molar-refractivity contribution in [2.75, 3.05) is 32.1 Å². The first-order valence-corrected chi connectivity index (χ1v) is 8.93. The molecule has 0 amide bonds. The van der Waals surface area contributed by atoms with Crippen LogP contribution in [-0.4, -0.2) is 43.3 Å². The minimum absolute atomic E-state index is 0.887. The zero-order valence-corrected chi connectivity index (χ0v) is 14.5. The van der Waals surface area contributed by atoms with Gasteiger partial charge in [-0.05, 0) is 51.5 Å². The lowest BCUT2D eigenvalue weighted by Crippen LogP contribution is -2.38. The van der Waals surface area contributed by atoms with Crippen molar-refractivity contribution in [3.8, 4) is 0 Å². The number of nitrogens with zero attached hydrogens (tertiary/aromatic N) is 2. The lowest BCUT2D eigenvalue weighted by Gasteiger charge is -2.11. The molecule has 21 heavy (non-hydrogen) atoms. The second-order valence-corrected chi connectivity index (χ2v) is 6.02. The van der Waals surface area contributed by atoms with Gasteiger partial charge >= 0.3 is 0 Å². The number of hydrogen-bond acceptors (Lipinski definition) is 4. The van der Waals surface area contributed by atoms with E-state index in [0.717, 1.165) is 43.3 Å². The number of rotatable bonds is 9. The van der Waals surface area contributed by atoms with E-state index in [1.807, 2.05) is 32.7 Å². The zero-order valence-electron chi connectivity index (χ0n) is 13.7. The van der Waals surface area contributed by atoms with Crippen LogP contribution in [0, 0.1) is 13.8 Å². The Bertz CT molecular complexity index is 412. The third-order valence-electron chi connectivity index (χ3n) is 3.37. The van der Waals surface area contributed by atoms with E-state index in [0.29, 0.717) is 0 Å². The molecule has 0 radical (unpaired) electrons. The molecular formula is C15H28N4OS. The van der Waals surface area contributed by atoms with Gasteiger partial charge in [0.25, 0.3) is 0 Å². The maximum atomic E-state index is 5.17. The predicted octanol–water partition coefficient (Wildman–Crippen LogP) is 2.53. The molecule has 5 nitrogen and oxygen atoms in total. The van der Waals surface area contributed by atoms with Gasteiger partial charge in [0, 0.05) is 25.7 Å². The number of hydrogen-bond donors (Lipinski definition) is 2. The Balaban J connectivity index is 2.15. The highest BCUT2D eigenvalue weighted by Crippen LogP contribution is 2.13. The van der Waals surface area contributed by atoms with E-state index < -0.39 is 0 Å². The molecule has 1 aromatic heterocycles. The first-order valence-electron chi connectivity index (χ1n) is 7.54. The average Bonchev–Trinajstić information content (AvgIpc) is 2.80. The van der Waals surface area contributed by atoms with E-state index >= 15 is 0 Å². The Kier molecular flexibility index (Phi) is 8.98. The minimum Gasteiger partial charge on any atom is -0.361 e. The third-order valence-corrected chi connectivity index (χ3v) is 4.07. The Morgan fingerprint density at radius 1 is 1.19 bits per heavy atom.